The first kappa shape index (κ1) is 13.0. The van der Waals surface area contributed by atoms with E-state index in [0.29, 0.717) is 15.4 Å². The maximum absolute atomic E-state index is 11.5. The monoisotopic (exact) mass is 259 g/mol. The highest BCUT2D eigenvalue weighted by molar-refractivity contribution is 7.80. The highest BCUT2D eigenvalue weighted by Gasteiger charge is 2.17. The number of amides is 1. The first-order chi connectivity index (χ1) is 7.29. The molecule has 0 saturated heterocycles. The highest BCUT2D eigenvalue weighted by Crippen LogP contribution is 2.18. The third kappa shape index (κ3) is 3.82. The summed E-state index contributed by atoms with van der Waals surface area (Å²) in [6, 6.07) is 0. The lowest BCUT2D eigenvalue weighted by molar-refractivity contribution is 0.0635. The number of nitrogens with zero attached hydrogens (tertiary/aromatic N) is 1. The fourth-order valence-electron chi connectivity index (χ4n) is 0.909. The van der Waals surface area contributed by atoms with Crippen LogP contribution < -0.4 is 5.32 Å². The van der Waals surface area contributed by atoms with Gasteiger partial charge in [-0.1, -0.05) is 12.2 Å². The highest BCUT2D eigenvalue weighted by atomic mass is 32.1. The van der Waals surface area contributed by atoms with E-state index in [9.17, 15) is 4.79 Å². The zero-order valence-electron chi connectivity index (χ0n) is 9.20. The Morgan fingerprint density at radius 3 is 2.75 bits per heavy atom. The number of carbonyl (C=O) groups excluding carboxylic acids is 1. The number of aromatic nitrogens is 2. The van der Waals surface area contributed by atoms with E-state index in [0.717, 1.165) is 0 Å². The molecule has 0 aromatic carbocycles. The number of rotatable bonds is 1. The van der Waals surface area contributed by atoms with E-state index < -0.39 is 11.7 Å². The molecule has 0 unspecified atom stereocenters. The van der Waals surface area contributed by atoms with Gasteiger partial charge in [0.05, 0.1) is 6.33 Å². The molecule has 1 aromatic rings. The third-order valence-electron chi connectivity index (χ3n) is 1.46. The molecule has 1 rings (SSSR count). The number of hydrogen-bond acceptors (Lipinski definition) is 5. The van der Waals surface area contributed by atoms with Crippen molar-refractivity contribution in [3.8, 4) is 0 Å². The van der Waals surface area contributed by atoms with Gasteiger partial charge in [0.2, 0.25) is 0 Å². The molecule has 2 N–H and O–H groups in total. The second-order valence-electron chi connectivity index (χ2n) is 4.06. The Morgan fingerprint density at radius 1 is 1.62 bits per heavy atom. The van der Waals surface area contributed by atoms with E-state index in [1.807, 2.05) is 0 Å². The molecule has 1 aromatic heterocycles. The van der Waals surface area contributed by atoms with Gasteiger partial charge in [0.15, 0.2) is 0 Å². The summed E-state index contributed by atoms with van der Waals surface area (Å²) in [6.45, 7) is 5.33. The van der Waals surface area contributed by atoms with Crippen LogP contribution in [-0.4, -0.2) is 21.7 Å². The SMILES string of the molecule is CC(C)(C)OC(=O)Nc1c(S)nc[nH]c1=S. The van der Waals surface area contributed by atoms with Gasteiger partial charge in [0, 0.05) is 0 Å². The van der Waals surface area contributed by atoms with Crippen molar-refractivity contribution in [2.45, 2.75) is 31.4 Å². The van der Waals surface area contributed by atoms with Crippen molar-refractivity contribution in [1.29, 1.82) is 0 Å². The van der Waals surface area contributed by atoms with Crippen LogP contribution in [0.5, 0.6) is 0 Å². The predicted molar refractivity (Wildman–Crippen MR) is 66.5 cm³/mol. The molecular weight excluding hydrogens is 246 g/mol. The van der Waals surface area contributed by atoms with Crippen LogP contribution in [0.15, 0.2) is 11.4 Å². The summed E-state index contributed by atoms with van der Waals surface area (Å²) in [7, 11) is 0. The van der Waals surface area contributed by atoms with Crippen LogP contribution in [0.25, 0.3) is 0 Å². The Kier molecular flexibility index (Phi) is 3.93. The van der Waals surface area contributed by atoms with Crippen molar-refractivity contribution in [3.05, 3.63) is 11.0 Å². The number of anilines is 1. The van der Waals surface area contributed by atoms with Gasteiger partial charge in [-0.25, -0.2) is 9.78 Å². The van der Waals surface area contributed by atoms with E-state index in [-0.39, 0.29) is 0 Å². The first-order valence-corrected chi connectivity index (χ1v) is 5.42. The predicted octanol–water partition coefficient (Wildman–Crippen LogP) is 2.77. The average molecular weight is 259 g/mol. The van der Waals surface area contributed by atoms with Crippen molar-refractivity contribution in [2.75, 3.05) is 5.32 Å². The van der Waals surface area contributed by atoms with Gasteiger partial charge in [-0.3, -0.25) is 5.32 Å². The zero-order chi connectivity index (χ0) is 12.3. The van der Waals surface area contributed by atoms with Gasteiger partial charge < -0.3 is 9.72 Å². The molecule has 0 aliphatic heterocycles. The van der Waals surface area contributed by atoms with Gasteiger partial charge in [0.1, 0.15) is 21.0 Å². The van der Waals surface area contributed by atoms with Crippen LogP contribution in [0.2, 0.25) is 0 Å². The van der Waals surface area contributed by atoms with Crippen LogP contribution in [0.4, 0.5) is 10.5 Å². The molecule has 16 heavy (non-hydrogen) atoms. The lowest BCUT2D eigenvalue weighted by Gasteiger charge is -2.19. The molecular formula is C9H13N3O2S2. The van der Waals surface area contributed by atoms with E-state index in [2.05, 4.69) is 27.9 Å². The quantitative estimate of drug-likeness (QED) is 0.412. The maximum Gasteiger partial charge on any atom is 0.412 e. The van der Waals surface area contributed by atoms with Gasteiger partial charge >= 0.3 is 6.09 Å². The fourth-order valence-corrected chi connectivity index (χ4v) is 1.41. The smallest absolute Gasteiger partial charge is 0.412 e. The molecule has 1 amide bonds. The van der Waals surface area contributed by atoms with Crippen molar-refractivity contribution in [1.82, 2.24) is 9.97 Å². The molecule has 0 spiro atoms. The molecule has 0 radical (unpaired) electrons. The topological polar surface area (TPSA) is 67.0 Å². The fraction of sp³-hybridized carbons (Fsp3) is 0.444. The summed E-state index contributed by atoms with van der Waals surface area (Å²) < 4.78 is 5.43. The molecule has 0 aliphatic carbocycles. The summed E-state index contributed by atoms with van der Waals surface area (Å²) in [5.74, 6) is 0. The van der Waals surface area contributed by atoms with Crippen molar-refractivity contribution in [2.24, 2.45) is 0 Å². The third-order valence-corrected chi connectivity index (χ3v) is 2.12. The second kappa shape index (κ2) is 4.84. The molecule has 0 saturated carbocycles. The van der Waals surface area contributed by atoms with Gasteiger partial charge in [-0.2, -0.15) is 0 Å². The van der Waals surface area contributed by atoms with E-state index in [1.54, 1.807) is 20.8 Å². The van der Waals surface area contributed by atoms with Crippen LogP contribution >= 0.6 is 24.8 Å². The number of thiol groups is 1. The molecule has 0 bridgehead atoms. The molecule has 5 nitrogen and oxygen atoms in total. The lowest BCUT2D eigenvalue weighted by Crippen LogP contribution is -2.27. The number of hydrogen-bond donors (Lipinski definition) is 3. The first-order valence-electron chi connectivity index (χ1n) is 4.56. The van der Waals surface area contributed by atoms with E-state index in [1.165, 1.54) is 6.33 Å². The normalized spacial score (nSPS) is 11.0. The molecule has 0 aliphatic rings. The Morgan fingerprint density at radius 2 is 2.25 bits per heavy atom. The number of aromatic amines is 1. The van der Waals surface area contributed by atoms with Gasteiger partial charge in [0.25, 0.3) is 0 Å². The lowest BCUT2D eigenvalue weighted by atomic mass is 10.2. The summed E-state index contributed by atoms with van der Waals surface area (Å²) in [5.41, 5.74) is -0.218. The number of ether oxygens (including phenoxy) is 1. The summed E-state index contributed by atoms with van der Waals surface area (Å²) in [6.07, 6.45) is 0.820. The minimum absolute atomic E-state index is 0.342. The minimum Gasteiger partial charge on any atom is -0.444 e. The Bertz CT molecular complexity index is 451. The molecule has 0 fully saturated rings. The molecule has 7 heteroatoms. The number of carbonyl (C=O) groups is 1. The Hall–Kier alpha value is -1.08. The van der Waals surface area contributed by atoms with Gasteiger partial charge in [-0.05, 0) is 20.8 Å². The molecule has 1 heterocycles. The standard InChI is InChI=1S/C9H13N3O2S2/c1-9(2,3)14-8(13)12-5-6(15)10-4-11-7(5)16/h4H,1-3H3,(H,12,13)(H2,10,11,15,16). The van der Waals surface area contributed by atoms with E-state index >= 15 is 0 Å². The van der Waals surface area contributed by atoms with E-state index in [4.69, 9.17) is 17.0 Å². The zero-order valence-corrected chi connectivity index (χ0v) is 10.9. The largest absolute Gasteiger partial charge is 0.444 e. The molecule has 0 atom stereocenters. The summed E-state index contributed by atoms with van der Waals surface area (Å²) in [4.78, 5) is 18.0. The maximum atomic E-state index is 11.5. The number of H-pyrrole nitrogens is 1. The minimum atomic E-state index is -0.588. The Balaban J connectivity index is 2.82. The average Bonchev–Trinajstić information content (AvgIpc) is 2.08. The summed E-state index contributed by atoms with van der Waals surface area (Å²) >= 11 is 9.07. The van der Waals surface area contributed by atoms with Crippen molar-refractivity contribution >= 4 is 36.6 Å². The van der Waals surface area contributed by atoms with Crippen LogP contribution in [-0.2, 0) is 4.74 Å². The molecule has 88 valence electrons. The second-order valence-corrected chi connectivity index (χ2v) is 4.89. The van der Waals surface area contributed by atoms with Crippen molar-refractivity contribution in [3.63, 3.8) is 0 Å². The number of nitrogens with one attached hydrogen (secondary N) is 2. The van der Waals surface area contributed by atoms with Crippen LogP contribution in [0.1, 0.15) is 20.8 Å². The van der Waals surface area contributed by atoms with Gasteiger partial charge in [-0.15, -0.1) is 12.6 Å². The summed E-state index contributed by atoms with van der Waals surface area (Å²) in [5, 5.41) is 2.84. The van der Waals surface area contributed by atoms with Crippen LogP contribution in [0.3, 0.4) is 0 Å². The van der Waals surface area contributed by atoms with Crippen LogP contribution in [0, 0.1) is 4.64 Å². The Labute approximate surface area is 104 Å². The van der Waals surface area contributed by atoms with Crippen molar-refractivity contribution < 1.29 is 9.53 Å².